The van der Waals surface area contributed by atoms with E-state index in [9.17, 15) is 0 Å². The highest BCUT2D eigenvalue weighted by molar-refractivity contribution is 6.16. The number of nitrogens with zero attached hydrogens (tertiary/aromatic N) is 3. The second-order valence-corrected chi connectivity index (χ2v) is 7.85. The van der Waals surface area contributed by atoms with Crippen LogP contribution in [0.4, 0.5) is 17.2 Å². The molecule has 3 aliphatic rings. The van der Waals surface area contributed by atoms with E-state index in [0.717, 1.165) is 52.9 Å². The first-order valence-corrected chi connectivity index (χ1v) is 11.0. The van der Waals surface area contributed by atoms with Gasteiger partial charge in [0.25, 0.3) is 0 Å². The molecule has 0 radical (unpaired) electrons. The number of nitrogens with one attached hydrogen (secondary N) is 1. The van der Waals surface area contributed by atoms with Crippen LogP contribution in [0.5, 0.6) is 0 Å². The molecular formula is C27H26N4. The number of para-hydroxylation sites is 2. The van der Waals surface area contributed by atoms with Crippen LogP contribution in [0.1, 0.15) is 24.8 Å². The van der Waals surface area contributed by atoms with Gasteiger partial charge in [0.05, 0.1) is 16.9 Å². The molecule has 0 unspecified atom stereocenters. The number of anilines is 2. The van der Waals surface area contributed by atoms with Crippen LogP contribution in [0.15, 0.2) is 96.0 Å². The second-order valence-electron chi connectivity index (χ2n) is 7.85. The third kappa shape index (κ3) is 4.29. The number of hydrogen-bond donors (Lipinski definition) is 1. The van der Waals surface area contributed by atoms with Crippen molar-refractivity contribution in [2.75, 3.05) is 23.3 Å². The monoisotopic (exact) mass is 406 g/mol. The highest BCUT2D eigenvalue weighted by atomic mass is 15.2. The van der Waals surface area contributed by atoms with E-state index in [0.29, 0.717) is 0 Å². The Balaban J connectivity index is 1.69. The van der Waals surface area contributed by atoms with Gasteiger partial charge in [0, 0.05) is 24.3 Å². The van der Waals surface area contributed by atoms with Gasteiger partial charge in [-0.3, -0.25) is 0 Å². The lowest BCUT2D eigenvalue weighted by atomic mass is 10.1. The molecule has 0 saturated carbocycles. The number of aliphatic imine (C=N–C) groups is 1. The smallest absolute Gasteiger partial charge is 0.142 e. The van der Waals surface area contributed by atoms with Crippen LogP contribution in [0.25, 0.3) is 11.3 Å². The first-order chi connectivity index (χ1) is 15.4. The Bertz CT molecular complexity index is 1130. The van der Waals surface area contributed by atoms with Gasteiger partial charge in [-0.15, -0.1) is 0 Å². The number of rotatable bonds is 4. The van der Waals surface area contributed by atoms with Crippen LogP contribution in [0, 0.1) is 0 Å². The van der Waals surface area contributed by atoms with E-state index < -0.39 is 0 Å². The predicted octanol–water partition coefficient (Wildman–Crippen LogP) is 6.37. The molecule has 2 heterocycles. The van der Waals surface area contributed by atoms with Crippen LogP contribution in [0.2, 0.25) is 0 Å². The fourth-order valence-corrected chi connectivity index (χ4v) is 4.14. The van der Waals surface area contributed by atoms with Crippen LogP contribution >= 0.6 is 0 Å². The van der Waals surface area contributed by atoms with Crippen molar-refractivity contribution in [3.8, 4) is 11.3 Å². The Labute approximate surface area is 183 Å². The Morgan fingerprint density at radius 3 is 2.13 bits per heavy atom. The van der Waals surface area contributed by atoms with Crippen molar-refractivity contribution >= 4 is 23.0 Å². The van der Waals surface area contributed by atoms with Gasteiger partial charge in [-0.05, 0) is 49.6 Å². The summed E-state index contributed by atoms with van der Waals surface area (Å²) in [6, 6.07) is 30.8. The summed E-state index contributed by atoms with van der Waals surface area (Å²) in [5.41, 5.74) is 5.11. The summed E-state index contributed by atoms with van der Waals surface area (Å²) >= 11 is 0. The zero-order valence-electron chi connectivity index (χ0n) is 17.5. The Hall–Kier alpha value is -3.66. The Morgan fingerprint density at radius 2 is 1.39 bits per heavy atom. The van der Waals surface area contributed by atoms with Crippen LogP contribution in [-0.2, 0) is 0 Å². The van der Waals surface area contributed by atoms with E-state index in [-0.39, 0.29) is 0 Å². The quantitative estimate of drug-likeness (QED) is 0.316. The van der Waals surface area contributed by atoms with Gasteiger partial charge in [0.1, 0.15) is 11.7 Å². The van der Waals surface area contributed by atoms with Crippen molar-refractivity contribution in [2.24, 2.45) is 4.99 Å². The second kappa shape index (κ2) is 9.00. The maximum absolute atomic E-state index is 5.09. The van der Waals surface area contributed by atoms with Gasteiger partial charge in [0.2, 0.25) is 0 Å². The third-order valence-corrected chi connectivity index (χ3v) is 5.66. The lowest BCUT2D eigenvalue weighted by Gasteiger charge is -2.28. The standard InChI is InChI=1S/C27H26N4/c1-5-13-21(14-6-1)28-26(29-22-15-7-2-8-16-22)25-23-17-9-3-10-18-24(23)30-27(25)31-19-11-4-12-20-31/h1-3,5-10,13-18H,4,11-12,19-20H2,(H,28,29). The van der Waals surface area contributed by atoms with Gasteiger partial charge < -0.3 is 10.2 Å². The van der Waals surface area contributed by atoms with E-state index in [4.69, 9.17) is 9.98 Å². The van der Waals surface area contributed by atoms with Crippen LogP contribution < -0.4 is 10.2 Å². The molecule has 0 aromatic heterocycles. The summed E-state index contributed by atoms with van der Waals surface area (Å²) in [5, 5.41) is 3.60. The molecule has 5 rings (SSSR count). The number of piperidine rings is 1. The third-order valence-electron chi connectivity index (χ3n) is 5.66. The Morgan fingerprint density at radius 1 is 0.742 bits per heavy atom. The van der Waals surface area contributed by atoms with E-state index in [1.54, 1.807) is 0 Å². The number of fused-ring (bicyclic) bond motifs is 1. The number of amidine groups is 1. The summed E-state index contributed by atoms with van der Waals surface area (Å²) in [5.74, 6) is 1.85. The molecule has 0 amide bonds. The van der Waals surface area contributed by atoms with Gasteiger partial charge >= 0.3 is 0 Å². The van der Waals surface area contributed by atoms with E-state index in [2.05, 4.69) is 46.6 Å². The lowest BCUT2D eigenvalue weighted by molar-refractivity contribution is 0.574. The fraction of sp³-hybridized carbons (Fsp3) is 0.185. The molecule has 1 saturated heterocycles. The topological polar surface area (TPSA) is 40.5 Å². The average Bonchev–Trinajstić information content (AvgIpc) is 3.03. The maximum Gasteiger partial charge on any atom is 0.142 e. The van der Waals surface area contributed by atoms with Crippen molar-refractivity contribution < 1.29 is 0 Å². The van der Waals surface area contributed by atoms with Crippen molar-refractivity contribution in [3.63, 3.8) is 0 Å². The molecule has 4 nitrogen and oxygen atoms in total. The summed E-state index contributed by atoms with van der Waals surface area (Å²) in [4.78, 5) is 12.6. The van der Waals surface area contributed by atoms with E-state index in [1.807, 2.05) is 54.6 Å². The predicted molar refractivity (Wildman–Crippen MR) is 130 cm³/mol. The van der Waals surface area contributed by atoms with E-state index >= 15 is 0 Å². The fourth-order valence-electron chi connectivity index (χ4n) is 4.14. The Kier molecular flexibility index (Phi) is 5.61. The average molecular weight is 407 g/mol. The summed E-state index contributed by atoms with van der Waals surface area (Å²) in [6.07, 6.45) is 3.69. The number of hydrogen-bond acceptors (Lipinski definition) is 3. The zero-order valence-corrected chi connectivity index (χ0v) is 17.5. The first-order valence-electron chi connectivity index (χ1n) is 11.0. The molecule has 2 aromatic rings. The highest BCUT2D eigenvalue weighted by Gasteiger charge is 2.26. The molecule has 0 atom stereocenters. The summed E-state index contributed by atoms with van der Waals surface area (Å²) < 4.78 is 0. The van der Waals surface area contributed by atoms with Gasteiger partial charge in [-0.1, -0.05) is 60.7 Å². The minimum atomic E-state index is 0.826. The van der Waals surface area contributed by atoms with Crippen molar-refractivity contribution in [1.29, 1.82) is 0 Å². The zero-order chi connectivity index (χ0) is 20.9. The minimum Gasteiger partial charge on any atom is -0.356 e. The molecule has 4 heteroatoms. The van der Waals surface area contributed by atoms with Crippen LogP contribution in [0.3, 0.4) is 0 Å². The normalized spacial score (nSPS) is 14.6. The molecular weight excluding hydrogens is 380 g/mol. The van der Waals surface area contributed by atoms with Crippen molar-refractivity contribution in [3.05, 3.63) is 96.6 Å². The molecule has 0 bridgehead atoms. The number of aromatic nitrogens is 1. The first kappa shape index (κ1) is 19.3. The largest absolute Gasteiger partial charge is 0.356 e. The molecule has 1 aliphatic carbocycles. The molecule has 2 aliphatic heterocycles. The van der Waals surface area contributed by atoms with Crippen molar-refractivity contribution in [2.45, 2.75) is 19.3 Å². The SMILES string of the molecule is c1ccc(N=C(Nc2ccccc2)c2c3cccccc-3nc2N2CCCCC2)cc1. The molecule has 0 spiro atoms. The lowest BCUT2D eigenvalue weighted by Crippen LogP contribution is -2.31. The van der Waals surface area contributed by atoms with Gasteiger partial charge in [-0.25, -0.2) is 9.98 Å². The highest BCUT2D eigenvalue weighted by Crippen LogP contribution is 2.36. The number of benzene rings is 2. The molecule has 31 heavy (non-hydrogen) atoms. The maximum atomic E-state index is 5.09. The molecule has 1 N–H and O–H groups in total. The van der Waals surface area contributed by atoms with E-state index in [1.165, 1.54) is 19.3 Å². The van der Waals surface area contributed by atoms with Crippen LogP contribution in [-0.4, -0.2) is 23.9 Å². The molecule has 2 aromatic carbocycles. The van der Waals surface area contributed by atoms with Gasteiger partial charge in [0.15, 0.2) is 0 Å². The molecule has 1 fully saturated rings. The minimum absolute atomic E-state index is 0.826. The van der Waals surface area contributed by atoms with Crippen molar-refractivity contribution in [1.82, 2.24) is 4.98 Å². The molecule has 154 valence electrons. The summed E-state index contributed by atoms with van der Waals surface area (Å²) in [6.45, 7) is 2.07. The summed E-state index contributed by atoms with van der Waals surface area (Å²) in [7, 11) is 0. The van der Waals surface area contributed by atoms with Gasteiger partial charge in [-0.2, -0.15) is 0 Å².